The summed E-state index contributed by atoms with van der Waals surface area (Å²) in [6.07, 6.45) is 3.66. The summed E-state index contributed by atoms with van der Waals surface area (Å²) in [6, 6.07) is 6.21. The molecule has 1 fully saturated rings. The number of aromatic nitrogens is 7. The van der Waals surface area contributed by atoms with Crippen molar-refractivity contribution in [1.29, 1.82) is 0 Å². The van der Waals surface area contributed by atoms with Crippen molar-refractivity contribution in [2.24, 2.45) is 7.05 Å². The van der Waals surface area contributed by atoms with E-state index in [2.05, 4.69) is 32.1 Å². The summed E-state index contributed by atoms with van der Waals surface area (Å²) < 4.78 is 7.37. The van der Waals surface area contributed by atoms with E-state index in [0.717, 1.165) is 46.0 Å². The van der Waals surface area contributed by atoms with Crippen LogP contribution in [0.3, 0.4) is 0 Å². The molecule has 1 atom stereocenters. The van der Waals surface area contributed by atoms with Crippen LogP contribution in [-0.2, 0) is 11.8 Å². The molecule has 1 aliphatic rings. The van der Waals surface area contributed by atoms with E-state index in [9.17, 15) is 0 Å². The molecule has 9 heteroatoms. The number of H-pyrrole nitrogens is 1. The highest BCUT2D eigenvalue weighted by Gasteiger charge is 2.24. The predicted molar refractivity (Wildman–Crippen MR) is 109 cm³/mol. The number of ether oxygens (including phenoxy) is 1. The fraction of sp³-hybridized carbons (Fsp3) is 0.350. The van der Waals surface area contributed by atoms with Gasteiger partial charge in [0.05, 0.1) is 30.6 Å². The Morgan fingerprint density at radius 2 is 2.14 bits per heavy atom. The quantitative estimate of drug-likeness (QED) is 0.573. The van der Waals surface area contributed by atoms with Gasteiger partial charge in [0.1, 0.15) is 17.2 Å². The Morgan fingerprint density at radius 3 is 2.93 bits per heavy atom. The highest BCUT2D eigenvalue weighted by Crippen LogP contribution is 2.31. The number of rotatable bonds is 3. The SMILES string of the molecule is Cc1nnn(C)c1-c1cc(N2CCOC[C@H]2C)nc(-c2ccnc3[nH]ccc23)n1. The highest BCUT2D eigenvalue weighted by atomic mass is 16.5. The van der Waals surface area contributed by atoms with Crippen molar-refractivity contribution in [2.75, 3.05) is 24.7 Å². The Labute approximate surface area is 167 Å². The van der Waals surface area contributed by atoms with Crippen LogP contribution in [0.4, 0.5) is 5.82 Å². The van der Waals surface area contributed by atoms with Crippen molar-refractivity contribution in [3.05, 3.63) is 36.3 Å². The van der Waals surface area contributed by atoms with E-state index in [4.69, 9.17) is 14.7 Å². The van der Waals surface area contributed by atoms with Gasteiger partial charge in [0.25, 0.3) is 0 Å². The van der Waals surface area contributed by atoms with Gasteiger partial charge in [0.2, 0.25) is 0 Å². The zero-order valence-electron chi connectivity index (χ0n) is 16.6. The molecule has 0 amide bonds. The van der Waals surface area contributed by atoms with Crippen LogP contribution >= 0.6 is 0 Å². The number of morpholine rings is 1. The first-order valence-corrected chi connectivity index (χ1v) is 9.64. The van der Waals surface area contributed by atoms with E-state index in [1.807, 2.05) is 38.4 Å². The van der Waals surface area contributed by atoms with Gasteiger partial charge in [0.15, 0.2) is 5.82 Å². The molecule has 5 rings (SSSR count). The van der Waals surface area contributed by atoms with E-state index in [1.165, 1.54) is 0 Å². The lowest BCUT2D eigenvalue weighted by Crippen LogP contribution is -2.44. The number of aromatic amines is 1. The van der Waals surface area contributed by atoms with Crippen LogP contribution in [0, 0.1) is 6.92 Å². The highest BCUT2D eigenvalue weighted by molar-refractivity contribution is 5.91. The Morgan fingerprint density at radius 1 is 1.24 bits per heavy atom. The summed E-state index contributed by atoms with van der Waals surface area (Å²) in [7, 11) is 1.88. The fourth-order valence-electron chi connectivity index (χ4n) is 3.86. The van der Waals surface area contributed by atoms with Crippen LogP contribution in [-0.4, -0.2) is 60.7 Å². The fourth-order valence-corrected chi connectivity index (χ4v) is 3.86. The van der Waals surface area contributed by atoms with Gasteiger partial charge in [0, 0.05) is 43.0 Å². The van der Waals surface area contributed by atoms with Crippen LogP contribution in [0.25, 0.3) is 33.8 Å². The van der Waals surface area contributed by atoms with Gasteiger partial charge in [-0.05, 0) is 26.0 Å². The molecule has 0 spiro atoms. The third-order valence-electron chi connectivity index (χ3n) is 5.31. The Kier molecular flexibility index (Phi) is 4.24. The molecule has 29 heavy (non-hydrogen) atoms. The van der Waals surface area contributed by atoms with E-state index in [1.54, 1.807) is 10.9 Å². The second-order valence-electron chi connectivity index (χ2n) is 7.30. The number of anilines is 1. The van der Waals surface area contributed by atoms with Gasteiger partial charge >= 0.3 is 0 Å². The molecule has 0 bridgehead atoms. The van der Waals surface area contributed by atoms with Gasteiger partial charge in [-0.1, -0.05) is 5.21 Å². The van der Waals surface area contributed by atoms with Crippen molar-refractivity contribution in [2.45, 2.75) is 19.9 Å². The molecule has 1 N–H and O–H groups in total. The normalized spacial score (nSPS) is 17.2. The van der Waals surface area contributed by atoms with Crippen molar-refractivity contribution in [1.82, 2.24) is 34.9 Å². The van der Waals surface area contributed by atoms with Crippen molar-refractivity contribution >= 4 is 16.9 Å². The summed E-state index contributed by atoms with van der Waals surface area (Å²) in [6.45, 7) is 6.24. The number of pyridine rings is 1. The maximum absolute atomic E-state index is 5.61. The number of hydrogen-bond acceptors (Lipinski definition) is 7. The Balaban J connectivity index is 1.73. The number of nitrogens with one attached hydrogen (secondary N) is 1. The summed E-state index contributed by atoms with van der Waals surface area (Å²) in [5.74, 6) is 1.53. The third kappa shape index (κ3) is 3.03. The van der Waals surface area contributed by atoms with E-state index < -0.39 is 0 Å². The molecule has 0 saturated carbocycles. The summed E-state index contributed by atoms with van der Waals surface area (Å²) in [5.41, 5.74) is 4.27. The topological polar surface area (TPSA) is 97.6 Å². The third-order valence-corrected chi connectivity index (χ3v) is 5.31. The van der Waals surface area contributed by atoms with E-state index >= 15 is 0 Å². The average molecular weight is 390 g/mol. The van der Waals surface area contributed by atoms with Crippen LogP contribution in [0.1, 0.15) is 12.6 Å². The smallest absolute Gasteiger partial charge is 0.163 e. The molecule has 148 valence electrons. The lowest BCUT2D eigenvalue weighted by atomic mass is 10.1. The van der Waals surface area contributed by atoms with E-state index in [-0.39, 0.29) is 6.04 Å². The summed E-state index contributed by atoms with van der Waals surface area (Å²) in [4.78, 5) is 19.7. The minimum atomic E-state index is 0.231. The molecule has 0 radical (unpaired) electrons. The predicted octanol–water partition coefficient (Wildman–Crippen LogP) is 2.35. The molecule has 5 heterocycles. The number of nitrogens with zero attached hydrogens (tertiary/aromatic N) is 7. The lowest BCUT2D eigenvalue weighted by Gasteiger charge is -2.34. The first kappa shape index (κ1) is 17.7. The van der Waals surface area contributed by atoms with Crippen LogP contribution in [0.15, 0.2) is 30.6 Å². The maximum atomic E-state index is 5.61. The molecule has 4 aromatic heterocycles. The van der Waals surface area contributed by atoms with Crippen LogP contribution in [0.5, 0.6) is 0 Å². The summed E-state index contributed by atoms with van der Waals surface area (Å²) >= 11 is 0. The average Bonchev–Trinajstić information content (AvgIpc) is 3.34. The Bertz CT molecular complexity index is 1160. The van der Waals surface area contributed by atoms with Crippen molar-refractivity contribution < 1.29 is 4.74 Å². The van der Waals surface area contributed by atoms with Crippen molar-refractivity contribution in [3.8, 4) is 22.8 Å². The standard InChI is InChI=1S/C20H22N8O/c1-12-11-29-9-8-28(12)17-10-16(18-13(2)25-26-27(18)3)23-20(24-17)15-5-7-22-19-14(15)4-6-21-19/h4-7,10,12H,8-9,11H2,1-3H3,(H,21,22)/t12-/m1/s1. The molecule has 0 aromatic carbocycles. The largest absolute Gasteiger partial charge is 0.377 e. The van der Waals surface area contributed by atoms with Crippen molar-refractivity contribution in [3.63, 3.8) is 0 Å². The molecule has 0 aliphatic carbocycles. The second-order valence-corrected chi connectivity index (χ2v) is 7.30. The molecular formula is C20H22N8O. The van der Waals surface area contributed by atoms with Gasteiger partial charge in [-0.3, -0.25) is 0 Å². The molecule has 4 aromatic rings. The van der Waals surface area contributed by atoms with Gasteiger partial charge in [-0.15, -0.1) is 5.10 Å². The first-order chi connectivity index (χ1) is 14.1. The monoisotopic (exact) mass is 390 g/mol. The van der Waals surface area contributed by atoms with Gasteiger partial charge in [-0.25, -0.2) is 19.6 Å². The zero-order valence-corrected chi connectivity index (χ0v) is 16.6. The van der Waals surface area contributed by atoms with Gasteiger partial charge < -0.3 is 14.6 Å². The minimum Gasteiger partial charge on any atom is -0.377 e. The summed E-state index contributed by atoms with van der Waals surface area (Å²) in [5, 5.41) is 9.34. The number of hydrogen-bond donors (Lipinski definition) is 1. The first-order valence-electron chi connectivity index (χ1n) is 9.64. The minimum absolute atomic E-state index is 0.231. The maximum Gasteiger partial charge on any atom is 0.163 e. The van der Waals surface area contributed by atoms with Gasteiger partial charge in [-0.2, -0.15) is 0 Å². The van der Waals surface area contributed by atoms with Crippen LogP contribution in [0.2, 0.25) is 0 Å². The van der Waals surface area contributed by atoms with E-state index in [0.29, 0.717) is 19.0 Å². The molecule has 1 aliphatic heterocycles. The van der Waals surface area contributed by atoms with Crippen LogP contribution < -0.4 is 4.90 Å². The zero-order chi connectivity index (χ0) is 20.0. The lowest BCUT2D eigenvalue weighted by molar-refractivity contribution is 0.0985. The second kappa shape index (κ2) is 6.93. The molecule has 1 saturated heterocycles. The number of fused-ring (bicyclic) bond motifs is 1. The Hall–Kier alpha value is -3.33. The molecule has 9 nitrogen and oxygen atoms in total. The molecule has 0 unspecified atom stereocenters. The number of aryl methyl sites for hydroxylation is 2. The molecular weight excluding hydrogens is 368 g/mol.